The predicted molar refractivity (Wildman–Crippen MR) is 146 cm³/mol. The Balaban J connectivity index is 0.000000206. The van der Waals surface area contributed by atoms with Crippen LogP contribution in [0.2, 0.25) is 0 Å². The van der Waals surface area contributed by atoms with Crippen LogP contribution in [-0.2, 0) is 25.7 Å². The summed E-state index contributed by atoms with van der Waals surface area (Å²) in [5.74, 6) is -0.513. The summed E-state index contributed by atoms with van der Waals surface area (Å²) in [6, 6.07) is 36.9. The second-order valence-electron chi connectivity index (χ2n) is 8.07. The first-order valence-electron chi connectivity index (χ1n) is 12.0. The van der Waals surface area contributed by atoms with E-state index in [2.05, 4.69) is 91.0 Å². The average Bonchev–Trinajstić information content (AvgIpc) is 2.93. The number of hydrogen-bond donors (Lipinski definition) is 0. The van der Waals surface area contributed by atoms with Crippen LogP contribution in [0.3, 0.4) is 0 Å². The number of hydrogen-bond acceptors (Lipinski definition) is 5. The molecule has 0 aliphatic heterocycles. The van der Waals surface area contributed by atoms with Crippen molar-refractivity contribution in [2.45, 2.75) is 45.8 Å². The maximum absolute atomic E-state index is 11.5. The first-order chi connectivity index (χ1) is 17.9. The Morgan fingerprint density at radius 3 is 1.51 bits per heavy atom. The monoisotopic (exact) mass is 534 g/mol. The molecular weight excluding hydrogens is 504 g/mol. The van der Waals surface area contributed by atoms with Gasteiger partial charge in [-0.3, -0.25) is 0 Å². The zero-order valence-electron chi connectivity index (χ0n) is 20.7. The van der Waals surface area contributed by atoms with Gasteiger partial charge in [-0.15, -0.1) is 0 Å². The number of carbonyl (C=O) groups excluding carboxylic acids is 1. The van der Waals surface area contributed by atoms with E-state index >= 15 is 0 Å². The van der Waals surface area contributed by atoms with Gasteiger partial charge in [0.1, 0.15) is 10.1 Å². The highest BCUT2D eigenvalue weighted by Crippen LogP contribution is 2.30. The maximum atomic E-state index is 11.5. The molecule has 0 bridgehead atoms. The number of carbonyl (C=O) groups is 1. The van der Waals surface area contributed by atoms with E-state index in [4.69, 9.17) is 4.74 Å². The SMILES string of the molecule is CCCCCOC(=O)c1ccc(S(=O)(=O)[O-])cc1.c1ccc([S+](c2ccccc2)c2ccccc2)cc1. The molecule has 0 heterocycles. The zero-order valence-corrected chi connectivity index (χ0v) is 22.3. The molecule has 7 heteroatoms. The molecule has 4 aromatic carbocycles. The van der Waals surface area contributed by atoms with Crippen LogP contribution in [0.4, 0.5) is 0 Å². The van der Waals surface area contributed by atoms with Gasteiger partial charge in [0.2, 0.25) is 0 Å². The van der Waals surface area contributed by atoms with Gasteiger partial charge >= 0.3 is 5.97 Å². The van der Waals surface area contributed by atoms with Crippen LogP contribution in [0.15, 0.2) is 135 Å². The Morgan fingerprint density at radius 1 is 0.703 bits per heavy atom. The Labute approximate surface area is 222 Å². The lowest BCUT2D eigenvalue weighted by Gasteiger charge is -2.08. The third-order valence-electron chi connectivity index (χ3n) is 5.30. The summed E-state index contributed by atoms with van der Waals surface area (Å²) in [4.78, 5) is 15.2. The summed E-state index contributed by atoms with van der Waals surface area (Å²) in [6.45, 7) is 2.39. The molecule has 5 nitrogen and oxygen atoms in total. The van der Waals surface area contributed by atoms with E-state index in [0.717, 1.165) is 31.4 Å². The van der Waals surface area contributed by atoms with E-state index in [0.29, 0.717) is 6.61 Å². The Morgan fingerprint density at radius 2 is 1.14 bits per heavy atom. The molecule has 0 unspecified atom stereocenters. The fourth-order valence-corrected chi connectivity index (χ4v) is 6.01. The molecule has 0 aromatic heterocycles. The summed E-state index contributed by atoms with van der Waals surface area (Å²) < 4.78 is 37.0. The molecule has 0 aliphatic rings. The van der Waals surface area contributed by atoms with Gasteiger partial charge in [-0.1, -0.05) is 74.4 Å². The minimum Gasteiger partial charge on any atom is -0.744 e. The second-order valence-corrected chi connectivity index (χ2v) is 11.5. The zero-order chi connectivity index (χ0) is 26.5. The minimum atomic E-state index is -4.47. The fraction of sp³-hybridized carbons (Fsp3) is 0.167. The van der Waals surface area contributed by atoms with Crippen molar-refractivity contribution < 1.29 is 22.5 Å². The van der Waals surface area contributed by atoms with Crippen molar-refractivity contribution in [1.82, 2.24) is 0 Å². The molecule has 4 rings (SSSR count). The van der Waals surface area contributed by atoms with Crippen LogP contribution in [0, 0.1) is 0 Å². The maximum Gasteiger partial charge on any atom is 0.338 e. The number of ether oxygens (including phenoxy) is 1. The van der Waals surface area contributed by atoms with Crippen LogP contribution in [-0.4, -0.2) is 25.5 Å². The van der Waals surface area contributed by atoms with E-state index < -0.39 is 16.1 Å². The van der Waals surface area contributed by atoms with E-state index in [9.17, 15) is 17.8 Å². The number of esters is 1. The highest BCUT2D eigenvalue weighted by Gasteiger charge is 2.27. The van der Waals surface area contributed by atoms with Crippen molar-refractivity contribution in [3.8, 4) is 0 Å². The number of benzene rings is 4. The van der Waals surface area contributed by atoms with Crippen LogP contribution < -0.4 is 0 Å². The third kappa shape index (κ3) is 8.89. The minimum absolute atomic E-state index is 0.0146. The molecule has 0 amide bonds. The van der Waals surface area contributed by atoms with Crippen LogP contribution >= 0.6 is 0 Å². The van der Waals surface area contributed by atoms with E-state index in [1.807, 2.05) is 6.92 Å². The van der Waals surface area contributed by atoms with Crippen molar-refractivity contribution in [3.63, 3.8) is 0 Å². The molecule has 0 saturated carbocycles. The van der Waals surface area contributed by atoms with Crippen LogP contribution in [0.1, 0.15) is 36.5 Å². The van der Waals surface area contributed by atoms with Crippen LogP contribution in [0.5, 0.6) is 0 Å². The van der Waals surface area contributed by atoms with Crippen molar-refractivity contribution in [3.05, 3.63) is 121 Å². The smallest absolute Gasteiger partial charge is 0.338 e. The van der Waals surface area contributed by atoms with E-state index in [1.54, 1.807) is 0 Å². The largest absolute Gasteiger partial charge is 0.744 e. The van der Waals surface area contributed by atoms with Gasteiger partial charge < -0.3 is 9.29 Å². The molecule has 0 spiro atoms. The lowest BCUT2D eigenvalue weighted by Crippen LogP contribution is -2.07. The molecule has 37 heavy (non-hydrogen) atoms. The first kappa shape index (κ1) is 28.2. The molecule has 192 valence electrons. The summed E-state index contributed by atoms with van der Waals surface area (Å²) in [5, 5.41) is 0. The Kier molecular flexibility index (Phi) is 11.0. The summed E-state index contributed by atoms with van der Waals surface area (Å²) >= 11 is 0. The summed E-state index contributed by atoms with van der Waals surface area (Å²) in [7, 11) is -4.49. The lowest BCUT2D eigenvalue weighted by atomic mass is 10.2. The van der Waals surface area contributed by atoms with Crippen molar-refractivity contribution in [1.29, 1.82) is 0 Å². The van der Waals surface area contributed by atoms with Gasteiger partial charge in [-0.05, 0) is 67.1 Å². The Hall–Kier alpha value is -3.39. The topological polar surface area (TPSA) is 83.5 Å². The van der Waals surface area contributed by atoms with E-state index in [-0.39, 0.29) is 21.4 Å². The molecule has 0 fully saturated rings. The molecule has 0 atom stereocenters. The molecule has 0 aliphatic carbocycles. The van der Waals surface area contributed by atoms with Gasteiger partial charge in [0.25, 0.3) is 0 Å². The molecule has 4 aromatic rings. The molecule has 0 N–H and O–H groups in total. The quantitative estimate of drug-likeness (QED) is 0.103. The standard InChI is InChI=1S/C18H15S.C12H16O5S/c1-4-10-16(11-5-1)19(17-12-6-2-7-13-17)18-14-8-3-9-15-18;1-2-3-4-9-17-12(13)10-5-7-11(8-6-10)18(14,15)16/h1-15H;5-8H,2-4,9H2,1H3,(H,14,15,16)/q+1;/p-1. The predicted octanol–water partition coefficient (Wildman–Crippen LogP) is 6.72. The van der Waals surface area contributed by atoms with Gasteiger partial charge in [0.15, 0.2) is 14.7 Å². The summed E-state index contributed by atoms with van der Waals surface area (Å²) in [5.41, 5.74) is 0.235. The Bertz CT molecular complexity index is 1230. The van der Waals surface area contributed by atoms with Gasteiger partial charge in [-0.25, -0.2) is 13.2 Å². The summed E-state index contributed by atoms with van der Waals surface area (Å²) in [6.07, 6.45) is 2.82. The van der Waals surface area contributed by atoms with Gasteiger partial charge in [0, 0.05) is 0 Å². The van der Waals surface area contributed by atoms with Crippen LogP contribution in [0.25, 0.3) is 0 Å². The van der Waals surface area contributed by atoms with E-state index in [1.165, 1.54) is 26.8 Å². The molecule has 0 radical (unpaired) electrons. The fourth-order valence-electron chi connectivity index (χ4n) is 3.44. The first-order valence-corrected chi connectivity index (χ1v) is 14.7. The molecule has 0 saturated heterocycles. The molecular formula is C30H30O5S2. The van der Waals surface area contributed by atoms with Gasteiger partial charge in [0.05, 0.1) is 28.0 Å². The normalized spacial score (nSPS) is 10.9. The van der Waals surface area contributed by atoms with Gasteiger partial charge in [-0.2, -0.15) is 0 Å². The average molecular weight is 535 g/mol. The third-order valence-corrected chi connectivity index (χ3v) is 8.38. The second kappa shape index (κ2) is 14.4. The highest BCUT2D eigenvalue weighted by molar-refractivity contribution is 7.97. The highest BCUT2D eigenvalue weighted by atomic mass is 32.2. The lowest BCUT2D eigenvalue weighted by molar-refractivity contribution is 0.0498. The van der Waals surface area contributed by atoms with Crippen molar-refractivity contribution in [2.24, 2.45) is 0 Å². The van der Waals surface area contributed by atoms with Crippen molar-refractivity contribution in [2.75, 3.05) is 6.61 Å². The van der Waals surface area contributed by atoms with Crippen molar-refractivity contribution >= 4 is 27.0 Å². The number of rotatable bonds is 9. The number of unbranched alkanes of at least 4 members (excludes halogenated alkanes) is 2.